The largest absolute Gasteiger partial charge is 0.344 e. The van der Waals surface area contributed by atoms with E-state index in [-0.39, 0.29) is 5.91 Å². The van der Waals surface area contributed by atoms with Gasteiger partial charge in [-0.2, -0.15) is 0 Å². The third kappa shape index (κ3) is 2.35. The highest BCUT2D eigenvalue weighted by Crippen LogP contribution is 2.25. The number of nitrogens with one attached hydrogen (secondary N) is 2. The number of imidazole rings is 1. The summed E-state index contributed by atoms with van der Waals surface area (Å²) in [6.07, 6.45) is 0. The number of carbonyl (C=O) groups excluding carboxylic acids is 1. The molecule has 0 saturated carbocycles. The van der Waals surface area contributed by atoms with Gasteiger partial charge in [0.25, 0.3) is 5.91 Å². The molecule has 4 nitrogen and oxygen atoms in total. The molecule has 0 saturated heterocycles. The van der Waals surface area contributed by atoms with Gasteiger partial charge >= 0.3 is 0 Å². The fourth-order valence-electron chi connectivity index (χ4n) is 2.43. The molecule has 0 radical (unpaired) electrons. The molecule has 4 aromatic rings. The van der Waals surface area contributed by atoms with Gasteiger partial charge in [0.2, 0.25) is 0 Å². The van der Waals surface area contributed by atoms with Gasteiger partial charge in [-0.25, -0.2) is 4.98 Å². The Morgan fingerprint density at radius 1 is 1.14 bits per heavy atom. The zero-order chi connectivity index (χ0) is 14.9. The molecule has 0 aliphatic rings. The number of fused-ring (bicyclic) bond motifs is 2. The monoisotopic (exact) mass is 307 g/mol. The van der Waals surface area contributed by atoms with Gasteiger partial charge in [0.1, 0.15) is 5.82 Å². The third-order valence-electron chi connectivity index (χ3n) is 3.50. The molecule has 22 heavy (non-hydrogen) atoms. The molecule has 0 aliphatic carbocycles. The fourth-order valence-corrected chi connectivity index (χ4v) is 3.41. The highest BCUT2D eigenvalue weighted by Gasteiger charge is 2.10. The summed E-state index contributed by atoms with van der Waals surface area (Å²) in [5.74, 6) is 0.692. The van der Waals surface area contributed by atoms with Crippen molar-refractivity contribution in [1.82, 2.24) is 15.3 Å². The van der Waals surface area contributed by atoms with Crippen molar-refractivity contribution in [3.8, 4) is 0 Å². The van der Waals surface area contributed by atoms with Gasteiger partial charge in [0.05, 0.1) is 22.5 Å². The van der Waals surface area contributed by atoms with Gasteiger partial charge < -0.3 is 10.3 Å². The van der Waals surface area contributed by atoms with Crippen LogP contribution in [0.25, 0.3) is 21.1 Å². The van der Waals surface area contributed by atoms with Crippen LogP contribution in [0.2, 0.25) is 0 Å². The summed E-state index contributed by atoms with van der Waals surface area (Å²) in [4.78, 5) is 20.6. The number of benzene rings is 2. The lowest BCUT2D eigenvalue weighted by Gasteiger charge is -2.00. The van der Waals surface area contributed by atoms with E-state index in [4.69, 9.17) is 0 Å². The third-order valence-corrected chi connectivity index (χ3v) is 4.62. The summed E-state index contributed by atoms with van der Waals surface area (Å²) in [7, 11) is 0. The normalized spacial score (nSPS) is 11.1. The first-order valence-corrected chi connectivity index (χ1v) is 7.82. The maximum absolute atomic E-state index is 12.3. The molecule has 2 aromatic heterocycles. The van der Waals surface area contributed by atoms with Crippen molar-refractivity contribution in [3.05, 3.63) is 65.3 Å². The molecule has 0 spiro atoms. The molecule has 0 fully saturated rings. The van der Waals surface area contributed by atoms with Crippen LogP contribution in [0.4, 0.5) is 0 Å². The Hall–Kier alpha value is -2.66. The van der Waals surface area contributed by atoms with Crippen molar-refractivity contribution in [2.45, 2.75) is 6.54 Å². The molecule has 108 valence electrons. The zero-order valence-electron chi connectivity index (χ0n) is 11.7. The smallest absolute Gasteiger partial charge is 0.261 e. The Morgan fingerprint density at radius 3 is 2.82 bits per heavy atom. The average Bonchev–Trinajstić information content (AvgIpc) is 3.15. The number of thiophene rings is 1. The quantitative estimate of drug-likeness (QED) is 0.606. The lowest BCUT2D eigenvalue weighted by molar-refractivity contribution is 0.0954. The van der Waals surface area contributed by atoms with E-state index < -0.39 is 0 Å². The number of aromatic amines is 1. The molecule has 0 unspecified atom stereocenters. The predicted molar refractivity (Wildman–Crippen MR) is 89.1 cm³/mol. The van der Waals surface area contributed by atoms with E-state index in [9.17, 15) is 4.79 Å². The number of aromatic nitrogens is 2. The SMILES string of the molecule is O=C(NCc1nc2ccccc2[nH]1)c1cc2ccccc2s1. The number of amides is 1. The van der Waals surface area contributed by atoms with E-state index in [1.54, 1.807) is 0 Å². The Kier molecular flexibility index (Phi) is 3.12. The van der Waals surface area contributed by atoms with E-state index in [1.807, 2.05) is 54.6 Å². The molecule has 0 aliphatic heterocycles. The van der Waals surface area contributed by atoms with Crippen molar-refractivity contribution < 1.29 is 4.79 Å². The van der Waals surface area contributed by atoms with Crippen molar-refractivity contribution in [3.63, 3.8) is 0 Å². The van der Waals surface area contributed by atoms with Crippen molar-refractivity contribution in [2.75, 3.05) is 0 Å². The van der Waals surface area contributed by atoms with Crippen LogP contribution in [0.5, 0.6) is 0 Å². The minimum Gasteiger partial charge on any atom is -0.344 e. The Bertz CT molecular complexity index is 904. The topological polar surface area (TPSA) is 57.8 Å². The van der Waals surface area contributed by atoms with Crippen LogP contribution in [0.1, 0.15) is 15.5 Å². The molecule has 1 amide bonds. The Morgan fingerprint density at radius 2 is 1.95 bits per heavy atom. The average molecular weight is 307 g/mol. The zero-order valence-corrected chi connectivity index (χ0v) is 12.5. The maximum Gasteiger partial charge on any atom is 0.261 e. The molecule has 2 N–H and O–H groups in total. The maximum atomic E-state index is 12.3. The molecule has 0 atom stereocenters. The first-order chi connectivity index (χ1) is 10.8. The van der Waals surface area contributed by atoms with E-state index in [0.717, 1.165) is 31.8 Å². The van der Waals surface area contributed by atoms with Crippen LogP contribution in [0.15, 0.2) is 54.6 Å². The highest BCUT2D eigenvalue weighted by molar-refractivity contribution is 7.20. The Labute approximate surface area is 130 Å². The molecular weight excluding hydrogens is 294 g/mol. The van der Waals surface area contributed by atoms with E-state index in [0.29, 0.717) is 6.54 Å². The van der Waals surface area contributed by atoms with Crippen LogP contribution in [0, 0.1) is 0 Å². The summed E-state index contributed by atoms with van der Waals surface area (Å²) in [6.45, 7) is 0.391. The van der Waals surface area contributed by atoms with Crippen molar-refractivity contribution in [1.29, 1.82) is 0 Å². The lowest BCUT2D eigenvalue weighted by Crippen LogP contribution is -2.22. The van der Waals surface area contributed by atoms with Gasteiger partial charge in [-0.1, -0.05) is 30.3 Å². The number of para-hydroxylation sites is 2. The predicted octanol–water partition coefficient (Wildman–Crippen LogP) is 3.71. The first kappa shape index (κ1) is 13.0. The van der Waals surface area contributed by atoms with Gasteiger partial charge in [0.15, 0.2) is 0 Å². The fraction of sp³-hybridized carbons (Fsp3) is 0.0588. The van der Waals surface area contributed by atoms with E-state index in [2.05, 4.69) is 15.3 Å². The van der Waals surface area contributed by atoms with Crippen molar-refractivity contribution in [2.24, 2.45) is 0 Å². The number of rotatable bonds is 3. The van der Waals surface area contributed by atoms with Crippen LogP contribution < -0.4 is 5.32 Å². The van der Waals surface area contributed by atoms with E-state index >= 15 is 0 Å². The first-order valence-electron chi connectivity index (χ1n) is 7.00. The Balaban J connectivity index is 1.51. The number of H-pyrrole nitrogens is 1. The van der Waals surface area contributed by atoms with Gasteiger partial charge in [-0.05, 0) is 29.7 Å². The van der Waals surface area contributed by atoms with Gasteiger partial charge in [-0.3, -0.25) is 4.79 Å². The second-order valence-electron chi connectivity index (χ2n) is 5.03. The lowest BCUT2D eigenvalue weighted by atomic mass is 10.2. The summed E-state index contributed by atoms with van der Waals surface area (Å²) in [6, 6.07) is 17.7. The minimum atomic E-state index is -0.0679. The standard InChI is InChI=1S/C17H13N3OS/c21-17(15-9-11-5-1-4-8-14(11)22-15)18-10-16-19-12-6-2-3-7-13(12)20-16/h1-9H,10H2,(H,18,21)(H,19,20). The summed E-state index contributed by atoms with van der Waals surface area (Å²) < 4.78 is 1.12. The van der Waals surface area contributed by atoms with Crippen LogP contribution in [-0.2, 0) is 6.54 Å². The van der Waals surface area contributed by atoms with Crippen LogP contribution in [-0.4, -0.2) is 15.9 Å². The number of hydrogen-bond donors (Lipinski definition) is 2. The molecule has 2 aromatic carbocycles. The molecular formula is C17H13N3OS. The van der Waals surface area contributed by atoms with E-state index in [1.165, 1.54) is 11.3 Å². The van der Waals surface area contributed by atoms with Crippen LogP contribution in [0.3, 0.4) is 0 Å². The van der Waals surface area contributed by atoms with Crippen LogP contribution >= 0.6 is 11.3 Å². The molecule has 2 heterocycles. The van der Waals surface area contributed by atoms with Crippen molar-refractivity contribution >= 4 is 38.4 Å². The number of nitrogens with zero attached hydrogens (tertiary/aromatic N) is 1. The second kappa shape index (κ2) is 5.27. The summed E-state index contributed by atoms with van der Waals surface area (Å²) in [5.41, 5.74) is 1.89. The number of carbonyl (C=O) groups is 1. The summed E-state index contributed by atoms with van der Waals surface area (Å²) >= 11 is 1.50. The molecule has 0 bridgehead atoms. The second-order valence-corrected chi connectivity index (χ2v) is 6.12. The highest BCUT2D eigenvalue weighted by atomic mass is 32.1. The summed E-state index contributed by atoms with van der Waals surface area (Å²) in [5, 5.41) is 4.01. The molecule has 4 rings (SSSR count). The molecule has 5 heteroatoms. The van der Waals surface area contributed by atoms with Gasteiger partial charge in [-0.15, -0.1) is 11.3 Å². The number of hydrogen-bond acceptors (Lipinski definition) is 3. The van der Waals surface area contributed by atoms with Gasteiger partial charge in [0, 0.05) is 4.70 Å². The minimum absolute atomic E-state index is 0.0679.